The van der Waals surface area contributed by atoms with Gasteiger partial charge in [-0.05, 0) is 141 Å². The average Bonchev–Trinajstić information content (AvgIpc) is 3.57. The van der Waals surface area contributed by atoms with Gasteiger partial charge in [0.25, 0.3) is 0 Å². The van der Waals surface area contributed by atoms with Crippen LogP contribution in [0, 0.1) is 27.7 Å². The van der Waals surface area contributed by atoms with Crippen molar-refractivity contribution in [2.75, 3.05) is 0 Å². The molecule has 8 rings (SSSR count). The summed E-state index contributed by atoms with van der Waals surface area (Å²) in [6.45, 7) is 9.24. The van der Waals surface area contributed by atoms with Crippen molar-refractivity contribution in [1.82, 2.24) is 0 Å². The van der Waals surface area contributed by atoms with Gasteiger partial charge in [-0.1, -0.05) is 109 Å². The van der Waals surface area contributed by atoms with Crippen LogP contribution < -0.4 is 0 Å². The fourth-order valence-corrected chi connectivity index (χ4v) is 7.63. The van der Waals surface area contributed by atoms with E-state index in [-0.39, 0.29) is 0 Å². The molecule has 0 unspecified atom stereocenters. The summed E-state index contributed by atoms with van der Waals surface area (Å²) in [5, 5.41) is 0. The van der Waals surface area contributed by atoms with Gasteiger partial charge in [-0.3, -0.25) is 0 Å². The van der Waals surface area contributed by atoms with Crippen LogP contribution >= 0.6 is 0 Å². The molecule has 0 N–H and O–H groups in total. The van der Waals surface area contributed by atoms with E-state index in [1.807, 2.05) is 0 Å². The topological polar surface area (TPSA) is 0 Å². The van der Waals surface area contributed by atoms with Gasteiger partial charge in [-0.25, -0.2) is 0 Å². The molecule has 0 atom stereocenters. The van der Waals surface area contributed by atoms with Crippen LogP contribution in [-0.2, 0) is 12.8 Å². The van der Waals surface area contributed by atoms with Crippen molar-refractivity contribution >= 4 is 0 Å². The highest BCUT2D eigenvalue weighted by molar-refractivity contribution is 6.02. The third-order valence-electron chi connectivity index (χ3n) is 9.93. The Kier molecular flexibility index (Phi) is 5.63. The summed E-state index contributed by atoms with van der Waals surface area (Å²) >= 11 is 0. The van der Waals surface area contributed by atoms with E-state index >= 15 is 0 Å². The Hall–Kier alpha value is -4.68. The number of aryl methyl sites for hydroxylation is 2. The first-order valence-corrected chi connectivity index (χ1v) is 15.1. The lowest BCUT2D eigenvalue weighted by molar-refractivity contribution is 1.22. The smallest absolute Gasteiger partial charge is 0.000717 e. The summed E-state index contributed by atoms with van der Waals surface area (Å²) < 4.78 is 0. The zero-order chi connectivity index (χ0) is 28.5. The molecular formula is C42H34. The standard InChI is InChI=1S/C42H34/c1-25-21-36-32-17-10-8-15-30(32)23-38(36)40(27(25)3)35-20-12-19-34(29-13-6-5-7-14-29)42(35)41-28(4)26(2)22-37-33-18-11-9-16-31(33)24-39(37)41/h5-22H,23-24H2,1-4H3. The van der Waals surface area contributed by atoms with E-state index in [1.165, 1.54) is 100 Å². The first kappa shape index (κ1) is 25.1. The summed E-state index contributed by atoms with van der Waals surface area (Å²) in [6.07, 6.45) is 1.95. The van der Waals surface area contributed by atoms with Crippen molar-refractivity contribution in [2.24, 2.45) is 0 Å². The highest BCUT2D eigenvalue weighted by atomic mass is 14.3. The molecule has 0 aromatic heterocycles. The third kappa shape index (κ3) is 3.61. The van der Waals surface area contributed by atoms with Gasteiger partial charge in [0, 0.05) is 0 Å². The van der Waals surface area contributed by atoms with Crippen LogP contribution in [-0.4, -0.2) is 0 Å². The predicted octanol–water partition coefficient (Wildman–Crippen LogP) is 11.1. The normalized spacial score (nSPS) is 12.6. The summed E-state index contributed by atoms with van der Waals surface area (Å²) in [5.74, 6) is 0. The molecule has 6 aromatic carbocycles. The first-order chi connectivity index (χ1) is 20.5. The average molecular weight is 539 g/mol. The molecule has 6 aromatic rings. The van der Waals surface area contributed by atoms with Crippen LogP contribution in [0.15, 0.2) is 109 Å². The molecule has 0 bridgehead atoms. The Balaban J connectivity index is 1.50. The molecule has 0 aliphatic heterocycles. The predicted molar refractivity (Wildman–Crippen MR) is 178 cm³/mol. The summed E-state index contributed by atoms with van der Waals surface area (Å²) in [6, 6.07) is 40.8. The molecule has 0 heterocycles. The van der Waals surface area contributed by atoms with E-state index in [4.69, 9.17) is 0 Å². The fraction of sp³-hybridized carbons (Fsp3) is 0.143. The van der Waals surface area contributed by atoms with Gasteiger partial charge in [0.15, 0.2) is 0 Å². The number of hydrogen-bond donors (Lipinski definition) is 0. The van der Waals surface area contributed by atoms with Crippen LogP contribution in [0.3, 0.4) is 0 Å². The SMILES string of the molecule is Cc1cc2c(c(-c3cccc(-c4ccccc4)c3-c3c(C)c(C)cc4c3Cc3ccccc3-4)c1C)Cc1ccccc1-2. The highest BCUT2D eigenvalue weighted by Crippen LogP contribution is 2.52. The molecule has 0 fully saturated rings. The molecule has 0 spiro atoms. The number of hydrogen-bond acceptors (Lipinski definition) is 0. The van der Waals surface area contributed by atoms with E-state index in [0.29, 0.717) is 0 Å². The molecule has 0 radical (unpaired) electrons. The first-order valence-electron chi connectivity index (χ1n) is 15.1. The largest absolute Gasteiger partial charge is 0.0622 e. The van der Waals surface area contributed by atoms with Gasteiger partial charge in [0.1, 0.15) is 0 Å². The Labute approximate surface area is 249 Å². The molecule has 0 nitrogen and oxygen atoms in total. The van der Waals surface area contributed by atoms with E-state index in [0.717, 1.165) is 12.8 Å². The Morgan fingerprint density at radius 3 is 1.48 bits per heavy atom. The van der Waals surface area contributed by atoms with Crippen molar-refractivity contribution < 1.29 is 0 Å². The van der Waals surface area contributed by atoms with Crippen LogP contribution in [0.2, 0.25) is 0 Å². The second-order valence-corrected chi connectivity index (χ2v) is 12.2. The lowest BCUT2D eigenvalue weighted by Crippen LogP contribution is -2.02. The van der Waals surface area contributed by atoms with Crippen molar-refractivity contribution in [1.29, 1.82) is 0 Å². The molecule has 0 amide bonds. The number of benzene rings is 6. The molecular weight excluding hydrogens is 504 g/mol. The van der Waals surface area contributed by atoms with Crippen molar-refractivity contribution in [2.45, 2.75) is 40.5 Å². The van der Waals surface area contributed by atoms with Gasteiger partial charge < -0.3 is 0 Å². The molecule has 2 aliphatic carbocycles. The minimum Gasteiger partial charge on any atom is -0.0622 e. The van der Waals surface area contributed by atoms with Crippen LogP contribution in [0.5, 0.6) is 0 Å². The lowest BCUT2D eigenvalue weighted by Gasteiger charge is -2.25. The van der Waals surface area contributed by atoms with Gasteiger partial charge in [-0.15, -0.1) is 0 Å². The second kappa shape index (κ2) is 9.43. The summed E-state index contributed by atoms with van der Waals surface area (Å²) in [5.41, 5.74) is 25.0. The van der Waals surface area contributed by atoms with E-state index in [1.54, 1.807) is 0 Å². The maximum Gasteiger partial charge on any atom is -0.000717 e. The zero-order valence-corrected chi connectivity index (χ0v) is 24.8. The molecule has 0 saturated carbocycles. The lowest BCUT2D eigenvalue weighted by atomic mass is 9.79. The molecule has 202 valence electrons. The molecule has 2 aliphatic rings. The van der Waals surface area contributed by atoms with Crippen molar-refractivity contribution in [3.63, 3.8) is 0 Å². The number of rotatable bonds is 3. The van der Waals surface area contributed by atoms with Crippen LogP contribution in [0.1, 0.15) is 44.5 Å². The third-order valence-corrected chi connectivity index (χ3v) is 9.93. The summed E-state index contributed by atoms with van der Waals surface area (Å²) in [7, 11) is 0. The minimum atomic E-state index is 0.973. The van der Waals surface area contributed by atoms with E-state index in [2.05, 4.69) is 137 Å². The molecule has 0 heteroatoms. The number of fused-ring (bicyclic) bond motifs is 6. The summed E-state index contributed by atoms with van der Waals surface area (Å²) in [4.78, 5) is 0. The Morgan fingerprint density at radius 1 is 0.381 bits per heavy atom. The Morgan fingerprint density at radius 2 is 0.857 bits per heavy atom. The Bertz CT molecular complexity index is 2060. The molecule has 42 heavy (non-hydrogen) atoms. The molecule has 0 saturated heterocycles. The van der Waals surface area contributed by atoms with Gasteiger partial charge in [0.05, 0.1) is 0 Å². The second-order valence-electron chi connectivity index (χ2n) is 12.2. The maximum atomic E-state index is 2.43. The van der Waals surface area contributed by atoms with Crippen molar-refractivity contribution in [3.8, 4) is 55.6 Å². The highest BCUT2D eigenvalue weighted by Gasteiger charge is 2.30. The monoisotopic (exact) mass is 538 g/mol. The fourth-order valence-electron chi connectivity index (χ4n) is 7.63. The maximum absolute atomic E-state index is 2.43. The van der Waals surface area contributed by atoms with Crippen LogP contribution in [0.4, 0.5) is 0 Å². The zero-order valence-electron chi connectivity index (χ0n) is 24.8. The quantitative estimate of drug-likeness (QED) is 0.210. The van der Waals surface area contributed by atoms with Crippen molar-refractivity contribution in [3.05, 3.63) is 154 Å². The van der Waals surface area contributed by atoms with Gasteiger partial charge >= 0.3 is 0 Å². The van der Waals surface area contributed by atoms with Gasteiger partial charge in [-0.2, -0.15) is 0 Å². The van der Waals surface area contributed by atoms with Gasteiger partial charge in [0.2, 0.25) is 0 Å². The van der Waals surface area contributed by atoms with E-state index < -0.39 is 0 Å². The van der Waals surface area contributed by atoms with E-state index in [9.17, 15) is 0 Å². The minimum absolute atomic E-state index is 0.973. The van der Waals surface area contributed by atoms with Crippen LogP contribution in [0.25, 0.3) is 55.6 Å².